The first kappa shape index (κ1) is 69.0. The molecule has 18 aromatic rings. The van der Waals surface area contributed by atoms with Crippen LogP contribution in [0.25, 0.3) is 93.5 Å². The molecule has 4 aliphatic carbocycles. The normalized spacial score (nSPS) is 14.4. The standard InChI is InChI=1S/C58H37N5O.C30H15Br2NO.C14H12N2/c1-36-14-22-40(23-15-36)62(41-28-20-39(60-3)21-29-41)44-30-31-45-50(33-44)58(48-11-6-4-9-46(48)56-49(58)12-8-32-61-56)51-34-52(55-47-10-5-7-13-53(47)64-57(55)54(45)51)63(42-24-16-37(2)17-25-42)43-26-18-38(35-59)19-27-43;31-16-11-12-17-22(14-16)30(20-8-3-1-6-18(20)28-21(30)9-5-13-33-28)23-15-24(32)27-19-7-2-4-10-25(19)34-29(27)26(17)23;1-11-2-6-13(7-3-11)16-14-8-4-12(10-15)5-9-14/h4-34H,1-2H3;1-15H;2-9,16H,1H3. The summed E-state index contributed by atoms with van der Waals surface area (Å²) < 4.78 is 15.9. The minimum Gasteiger partial charge on any atom is -0.455 e. The van der Waals surface area contributed by atoms with Crippen LogP contribution in [-0.4, -0.2) is 9.97 Å². The molecule has 0 amide bonds. The number of fused-ring (bicyclic) bond motifs is 28. The van der Waals surface area contributed by atoms with E-state index in [0.29, 0.717) is 16.8 Å². The van der Waals surface area contributed by atoms with E-state index in [4.69, 9.17) is 30.6 Å². The van der Waals surface area contributed by atoms with E-state index in [1.54, 1.807) is 12.1 Å². The Balaban J connectivity index is 0.000000138. The van der Waals surface area contributed by atoms with E-state index >= 15 is 0 Å². The summed E-state index contributed by atoms with van der Waals surface area (Å²) in [7, 11) is 0. The predicted molar refractivity (Wildman–Crippen MR) is 466 cm³/mol. The first-order valence-electron chi connectivity index (χ1n) is 37.7. The molecule has 10 nitrogen and oxygen atoms in total. The van der Waals surface area contributed by atoms with Crippen LogP contribution < -0.4 is 15.1 Å². The third-order valence-electron chi connectivity index (χ3n) is 22.9. The second kappa shape index (κ2) is 27.4. The molecule has 0 fully saturated rings. The highest BCUT2D eigenvalue weighted by Crippen LogP contribution is 2.68. The van der Waals surface area contributed by atoms with Gasteiger partial charge in [0.25, 0.3) is 0 Å². The van der Waals surface area contributed by atoms with E-state index in [1.807, 2.05) is 103 Å². The van der Waals surface area contributed by atoms with Gasteiger partial charge in [-0.1, -0.05) is 206 Å². The van der Waals surface area contributed by atoms with Gasteiger partial charge in [0.05, 0.1) is 63.1 Å². The number of hydrogen-bond acceptors (Lipinski definition) is 9. The van der Waals surface area contributed by atoms with E-state index in [9.17, 15) is 5.26 Å². The molecule has 0 bridgehead atoms. The largest absolute Gasteiger partial charge is 0.455 e. The van der Waals surface area contributed by atoms with Crippen molar-refractivity contribution in [1.29, 1.82) is 10.5 Å². The molecule has 1 N–H and O–H groups in total. The van der Waals surface area contributed by atoms with E-state index in [1.165, 1.54) is 50.1 Å². The summed E-state index contributed by atoms with van der Waals surface area (Å²) in [6.07, 6.45) is 3.79. The maximum absolute atomic E-state index is 9.85. The summed E-state index contributed by atoms with van der Waals surface area (Å²) in [5.74, 6) is 0. The molecule has 2 atom stereocenters. The maximum Gasteiger partial charge on any atom is 0.187 e. The fourth-order valence-corrected chi connectivity index (χ4v) is 18.9. The second-order valence-electron chi connectivity index (χ2n) is 29.3. The number of nitrogens with one attached hydrogen (secondary N) is 1. The smallest absolute Gasteiger partial charge is 0.187 e. The average molecular weight is 1590 g/mol. The number of hydrogen-bond donors (Lipinski definition) is 1. The lowest BCUT2D eigenvalue weighted by atomic mass is 9.70. The van der Waals surface area contributed by atoms with Crippen LogP contribution in [0.2, 0.25) is 0 Å². The van der Waals surface area contributed by atoms with Gasteiger partial charge >= 0.3 is 0 Å². The van der Waals surface area contributed by atoms with Crippen molar-refractivity contribution in [2.45, 2.75) is 31.6 Å². The van der Waals surface area contributed by atoms with Gasteiger partial charge in [-0.05, 0) is 234 Å². The molecule has 0 saturated carbocycles. The highest BCUT2D eigenvalue weighted by atomic mass is 79.9. The summed E-state index contributed by atoms with van der Waals surface area (Å²) in [6, 6.07) is 114. The minimum absolute atomic E-state index is 0.454. The predicted octanol–water partition coefficient (Wildman–Crippen LogP) is 27.8. The molecular formula is C102H64Br2N8O2. The van der Waals surface area contributed by atoms with Gasteiger partial charge in [-0.2, -0.15) is 10.5 Å². The SMILES string of the molecule is Brc1ccc2c(c1)C1(c3ccccc3-c3ncccc31)c1cc(Br)c3c(oc4ccccc43)c1-2.Cc1ccc(Nc2ccc(C#N)cc2)cc1.[C-]#[N+]c1ccc(N(c2ccc(C)cc2)c2ccc3c(c2)C2(c4ccccc4-c4ncccc42)c2cc(N(c4ccc(C)cc4)c4ccc(C#N)cc4)c4c(oc5ccccc54)c2-3)cc1. The summed E-state index contributed by atoms with van der Waals surface area (Å²) in [6.45, 7) is 13.9. The number of rotatable bonds is 8. The lowest BCUT2D eigenvalue weighted by Crippen LogP contribution is -2.26. The molecule has 22 rings (SSSR count). The van der Waals surface area contributed by atoms with E-state index in [2.05, 4.69) is 297 Å². The van der Waals surface area contributed by atoms with Crippen LogP contribution in [0.3, 0.4) is 0 Å². The number of furan rings is 2. The molecular weight excluding hydrogens is 1530 g/mol. The van der Waals surface area contributed by atoms with Crippen molar-refractivity contribution in [2.75, 3.05) is 15.1 Å². The molecule has 114 heavy (non-hydrogen) atoms. The Kier molecular flexibility index (Phi) is 16.6. The topological polar surface area (TPSA) is 123 Å². The molecule has 0 saturated heterocycles. The van der Waals surface area contributed by atoms with Gasteiger partial charge in [0.15, 0.2) is 5.69 Å². The number of nitriles is 2. The molecule has 14 aromatic carbocycles. The lowest BCUT2D eigenvalue weighted by molar-refractivity contribution is 0.668. The zero-order valence-corrected chi connectivity index (χ0v) is 65.1. The van der Waals surface area contributed by atoms with Crippen LogP contribution in [0.1, 0.15) is 72.3 Å². The summed E-state index contributed by atoms with van der Waals surface area (Å²) in [5, 5.41) is 26.1. The summed E-state index contributed by atoms with van der Waals surface area (Å²) in [5.41, 5.74) is 33.8. The maximum atomic E-state index is 9.85. The fourth-order valence-electron chi connectivity index (χ4n) is 18.0. The quantitative estimate of drug-likeness (QED) is 0.148. The Morgan fingerprint density at radius 2 is 0.807 bits per heavy atom. The first-order valence-corrected chi connectivity index (χ1v) is 39.3. The van der Waals surface area contributed by atoms with Crippen LogP contribution in [0.4, 0.5) is 51.2 Å². The Bertz CT molecular complexity index is 7020. The molecule has 0 radical (unpaired) electrons. The van der Waals surface area contributed by atoms with Crippen LogP contribution in [0, 0.1) is 50.0 Å². The van der Waals surface area contributed by atoms with Crippen molar-refractivity contribution in [1.82, 2.24) is 9.97 Å². The number of para-hydroxylation sites is 2. The first-order chi connectivity index (χ1) is 55.9. The molecule has 0 aliphatic heterocycles. The van der Waals surface area contributed by atoms with Crippen LogP contribution in [0.15, 0.2) is 346 Å². The van der Waals surface area contributed by atoms with Crippen LogP contribution in [0.5, 0.6) is 0 Å². The van der Waals surface area contributed by atoms with Crippen molar-refractivity contribution in [3.05, 3.63) is 421 Å². The van der Waals surface area contributed by atoms with Crippen LogP contribution in [-0.2, 0) is 10.8 Å². The number of anilines is 8. The van der Waals surface area contributed by atoms with Crippen molar-refractivity contribution in [2.24, 2.45) is 0 Å². The van der Waals surface area contributed by atoms with Gasteiger partial charge in [-0.3, -0.25) is 9.97 Å². The zero-order chi connectivity index (χ0) is 77.1. The number of aromatic nitrogens is 2. The molecule has 538 valence electrons. The number of benzene rings is 14. The monoisotopic (exact) mass is 1590 g/mol. The Hall–Kier alpha value is -14.2. The zero-order valence-electron chi connectivity index (χ0n) is 61.9. The number of halogens is 2. The van der Waals surface area contributed by atoms with Gasteiger partial charge in [-0.15, -0.1) is 0 Å². The molecule has 12 heteroatoms. The Morgan fingerprint density at radius 1 is 0.386 bits per heavy atom. The van der Waals surface area contributed by atoms with E-state index in [-0.39, 0.29) is 0 Å². The number of nitrogens with zero attached hydrogens (tertiary/aromatic N) is 7. The Labute approximate surface area is 675 Å². The molecule has 2 unspecified atom stereocenters. The van der Waals surface area contributed by atoms with Gasteiger partial charge in [0.2, 0.25) is 0 Å². The van der Waals surface area contributed by atoms with Crippen molar-refractivity contribution in [3.8, 4) is 56.9 Å². The van der Waals surface area contributed by atoms with E-state index in [0.717, 1.165) is 154 Å². The van der Waals surface area contributed by atoms with Crippen molar-refractivity contribution >= 4 is 127 Å². The summed E-state index contributed by atoms with van der Waals surface area (Å²) >= 11 is 7.70. The molecule has 4 aromatic heterocycles. The highest BCUT2D eigenvalue weighted by molar-refractivity contribution is 9.11. The number of aryl methyl sites for hydroxylation is 3. The third kappa shape index (κ3) is 10.8. The van der Waals surface area contributed by atoms with Crippen molar-refractivity contribution < 1.29 is 8.83 Å². The fraction of sp³-hybridized carbons (Fsp3) is 0.0490. The Morgan fingerprint density at radius 3 is 1.35 bits per heavy atom. The van der Waals surface area contributed by atoms with Crippen LogP contribution >= 0.6 is 31.9 Å². The molecule has 2 spiro atoms. The average Bonchev–Trinajstić information content (AvgIpc) is 1.50. The lowest BCUT2D eigenvalue weighted by Gasteiger charge is -2.33. The molecule has 4 heterocycles. The minimum atomic E-state index is -0.792. The van der Waals surface area contributed by atoms with Gasteiger partial charge < -0.3 is 24.0 Å². The third-order valence-corrected chi connectivity index (χ3v) is 24.0. The van der Waals surface area contributed by atoms with E-state index < -0.39 is 10.8 Å². The second-order valence-corrected chi connectivity index (χ2v) is 31.1. The van der Waals surface area contributed by atoms with Gasteiger partial charge in [0.1, 0.15) is 22.3 Å². The van der Waals surface area contributed by atoms with Gasteiger partial charge in [-0.25, -0.2) is 4.85 Å². The highest BCUT2D eigenvalue weighted by Gasteiger charge is 2.56. The van der Waals surface area contributed by atoms with Gasteiger partial charge in [0, 0.05) is 99.6 Å². The summed E-state index contributed by atoms with van der Waals surface area (Å²) in [4.78, 5) is 18.3. The molecule has 4 aliphatic rings. The van der Waals surface area contributed by atoms with Crippen molar-refractivity contribution in [3.63, 3.8) is 0 Å². The number of pyridine rings is 2.